The minimum atomic E-state index is 0.730. The Balaban J connectivity index is 2.19. The summed E-state index contributed by atoms with van der Waals surface area (Å²) in [5.41, 5.74) is 1.83. The maximum atomic E-state index is 9.41. The Labute approximate surface area is 130 Å². The highest BCUT2D eigenvalue weighted by Crippen LogP contribution is 2.28. The Hall–Kier alpha value is -1.05. The van der Waals surface area contributed by atoms with Gasteiger partial charge in [0.1, 0.15) is 6.07 Å². The van der Waals surface area contributed by atoms with Gasteiger partial charge in [0.15, 0.2) is 0 Å². The number of piperidine rings is 1. The van der Waals surface area contributed by atoms with Crippen molar-refractivity contribution in [2.45, 2.75) is 26.2 Å². The second kappa shape index (κ2) is 7.66. The van der Waals surface area contributed by atoms with Gasteiger partial charge in [-0.25, -0.2) is 0 Å². The van der Waals surface area contributed by atoms with Gasteiger partial charge < -0.3 is 10.2 Å². The number of nitrogens with one attached hydrogen (secondary N) is 1. The van der Waals surface area contributed by atoms with E-state index in [0.29, 0.717) is 0 Å². The molecule has 0 amide bonds. The first-order valence-electron chi connectivity index (χ1n) is 7.40. The summed E-state index contributed by atoms with van der Waals surface area (Å²) < 4.78 is 0.893. The molecular weight excluding hydrogens is 314 g/mol. The van der Waals surface area contributed by atoms with E-state index in [1.807, 2.05) is 12.1 Å². The number of benzene rings is 1. The average Bonchev–Trinajstić information content (AvgIpc) is 2.47. The molecule has 1 saturated heterocycles. The molecule has 1 aliphatic heterocycles. The minimum absolute atomic E-state index is 0.730. The van der Waals surface area contributed by atoms with Gasteiger partial charge in [-0.2, -0.15) is 5.26 Å². The molecule has 1 N–H and O–H groups in total. The van der Waals surface area contributed by atoms with E-state index >= 15 is 0 Å². The SMILES string of the molecule is CCCN(CC1CCNCC1)c1cccc(Br)c1C#N. The molecule has 3 nitrogen and oxygen atoms in total. The largest absolute Gasteiger partial charge is 0.370 e. The molecule has 0 radical (unpaired) electrons. The van der Waals surface area contributed by atoms with E-state index in [0.717, 1.165) is 54.2 Å². The predicted molar refractivity (Wildman–Crippen MR) is 87.0 cm³/mol. The van der Waals surface area contributed by atoms with Gasteiger partial charge in [0.2, 0.25) is 0 Å². The summed E-state index contributed by atoms with van der Waals surface area (Å²) in [6, 6.07) is 8.37. The fourth-order valence-corrected chi connectivity index (χ4v) is 3.29. The molecule has 0 atom stereocenters. The lowest BCUT2D eigenvalue weighted by atomic mass is 9.97. The summed E-state index contributed by atoms with van der Waals surface area (Å²) in [6.07, 6.45) is 3.56. The molecule has 4 heteroatoms. The van der Waals surface area contributed by atoms with E-state index in [4.69, 9.17) is 0 Å². The van der Waals surface area contributed by atoms with E-state index in [-0.39, 0.29) is 0 Å². The molecule has 1 aromatic rings. The van der Waals surface area contributed by atoms with Crippen LogP contribution in [0, 0.1) is 17.2 Å². The van der Waals surface area contributed by atoms with Crippen LogP contribution in [0.25, 0.3) is 0 Å². The lowest BCUT2D eigenvalue weighted by molar-refractivity contribution is 0.373. The van der Waals surface area contributed by atoms with Crippen molar-refractivity contribution in [3.63, 3.8) is 0 Å². The second-order valence-electron chi connectivity index (χ2n) is 5.39. The van der Waals surface area contributed by atoms with E-state index in [1.54, 1.807) is 0 Å². The molecule has 0 aromatic heterocycles. The van der Waals surface area contributed by atoms with Gasteiger partial charge in [-0.3, -0.25) is 0 Å². The van der Waals surface area contributed by atoms with Crippen molar-refractivity contribution in [3.8, 4) is 6.07 Å². The van der Waals surface area contributed by atoms with Crippen molar-refractivity contribution < 1.29 is 0 Å². The third kappa shape index (κ3) is 3.74. The molecule has 0 bridgehead atoms. The van der Waals surface area contributed by atoms with E-state index in [1.165, 1.54) is 12.8 Å². The van der Waals surface area contributed by atoms with Gasteiger partial charge in [0.05, 0.1) is 11.3 Å². The molecule has 0 unspecified atom stereocenters. The van der Waals surface area contributed by atoms with Crippen LogP contribution in [0.3, 0.4) is 0 Å². The number of halogens is 1. The van der Waals surface area contributed by atoms with Crippen LogP contribution in [0.15, 0.2) is 22.7 Å². The van der Waals surface area contributed by atoms with Crippen molar-refractivity contribution in [2.75, 3.05) is 31.1 Å². The van der Waals surface area contributed by atoms with Gasteiger partial charge in [-0.15, -0.1) is 0 Å². The fraction of sp³-hybridized carbons (Fsp3) is 0.562. The first-order valence-corrected chi connectivity index (χ1v) is 8.19. The molecule has 1 aliphatic rings. The number of hydrogen-bond donors (Lipinski definition) is 1. The zero-order valence-corrected chi connectivity index (χ0v) is 13.6. The van der Waals surface area contributed by atoms with E-state index in [2.05, 4.69) is 45.2 Å². The normalized spacial score (nSPS) is 15.8. The van der Waals surface area contributed by atoms with Gasteiger partial charge >= 0.3 is 0 Å². The smallest absolute Gasteiger partial charge is 0.103 e. The molecule has 1 fully saturated rings. The Bertz CT molecular complexity index is 475. The number of anilines is 1. The molecule has 0 spiro atoms. The van der Waals surface area contributed by atoms with Crippen LogP contribution in [0.1, 0.15) is 31.7 Å². The quantitative estimate of drug-likeness (QED) is 0.894. The Kier molecular flexibility index (Phi) is 5.87. The van der Waals surface area contributed by atoms with Crippen molar-refractivity contribution in [1.29, 1.82) is 5.26 Å². The predicted octanol–water partition coefficient (Wildman–Crippen LogP) is 3.54. The Morgan fingerprint density at radius 3 is 2.80 bits per heavy atom. The maximum absolute atomic E-state index is 9.41. The molecule has 1 aromatic carbocycles. The summed E-state index contributed by atoms with van der Waals surface area (Å²) in [7, 11) is 0. The average molecular weight is 336 g/mol. The minimum Gasteiger partial charge on any atom is -0.370 e. The molecule has 2 rings (SSSR count). The van der Waals surface area contributed by atoms with Crippen LogP contribution in [-0.2, 0) is 0 Å². The van der Waals surface area contributed by atoms with Crippen LogP contribution >= 0.6 is 15.9 Å². The Morgan fingerprint density at radius 1 is 1.40 bits per heavy atom. The third-order valence-corrected chi connectivity index (χ3v) is 4.54. The fourth-order valence-electron chi connectivity index (χ4n) is 2.84. The standard InChI is InChI=1S/C16H22BrN3/c1-2-10-20(12-13-6-8-19-9-7-13)16-5-3-4-15(17)14(16)11-18/h3-5,13,19H,2,6-10,12H2,1H3. The summed E-state index contributed by atoms with van der Waals surface area (Å²) in [6.45, 7) is 6.50. The van der Waals surface area contributed by atoms with E-state index < -0.39 is 0 Å². The van der Waals surface area contributed by atoms with Gasteiger partial charge in [-0.05, 0) is 66.3 Å². The van der Waals surface area contributed by atoms with Gasteiger partial charge in [-0.1, -0.05) is 13.0 Å². The number of hydrogen-bond acceptors (Lipinski definition) is 3. The van der Waals surface area contributed by atoms with Crippen molar-refractivity contribution in [3.05, 3.63) is 28.2 Å². The zero-order valence-electron chi connectivity index (χ0n) is 12.0. The zero-order chi connectivity index (χ0) is 14.4. The van der Waals surface area contributed by atoms with Crippen molar-refractivity contribution in [1.82, 2.24) is 5.32 Å². The van der Waals surface area contributed by atoms with Gasteiger partial charge in [0.25, 0.3) is 0 Å². The molecule has 1 heterocycles. The van der Waals surface area contributed by atoms with Crippen LogP contribution in [0.5, 0.6) is 0 Å². The first-order chi connectivity index (χ1) is 9.76. The van der Waals surface area contributed by atoms with Crippen LogP contribution in [0.4, 0.5) is 5.69 Å². The number of nitriles is 1. The molecule has 20 heavy (non-hydrogen) atoms. The molecular formula is C16H22BrN3. The Morgan fingerprint density at radius 2 is 2.15 bits per heavy atom. The highest BCUT2D eigenvalue weighted by atomic mass is 79.9. The van der Waals surface area contributed by atoms with Crippen LogP contribution < -0.4 is 10.2 Å². The number of nitrogens with zero attached hydrogens (tertiary/aromatic N) is 2. The summed E-state index contributed by atoms with van der Waals surface area (Å²) in [5.74, 6) is 0.730. The topological polar surface area (TPSA) is 39.1 Å². The molecule has 108 valence electrons. The van der Waals surface area contributed by atoms with Gasteiger partial charge in [0, 0.05) is 17.6 Å². The van der Waals surface area contributed by atoms with Crippen molar-refractivity contribution >= 4 is 21.6 Å². The monoisotopic (exact) mass is 335 g/mol. The molecule has 0 aliphatic carbocycles. The second-order valence-corrected chi connectivity index (χ2v) is 6.24. The maximum Gasteiger partial charge on any atom is 0.103 e. The first kappa shape index (κ1) is 15.3. The summed E-state index contributed by atoms with van der Waals surface area (Å²) >= 11 is 3.49. The lowest BCUT2D eigenvalue weighted by Crippen LogP contribution is -2.37. The highest BCUT2D eigenvalue weighted by molar-refractivity contribution is 9.10. The van der Waals surface area contributed by atoms with Crippen LogP contribution in [0.2, 0.25) is 0 Å². The molecule has 0 saturated carbocycles. The lowest BCUT2D eigenvalue weighted by Gasteiger charge is -2.32. The van der Waals surface area contributed by atoms with Crippen molar-refractivity contribution in [2.24, 2.45) is 5.92 Å². The summed E-state index contributed by atoms with van der Waals surface area (Å²) in [5, 5.41) is 12.8. The highest BCUT2D eigenvalue weighted by Gasteiger charge is 2.19. The third-order valence-electron chi connectivity index (χ3n) is 3.87. The summed E-state index contributed by atoms with van der Waals surface area (Å²) in [4.78, 5) is 2.39. The van der Waals surface area contributed by atoms with E-state index in [9.17, 15) is 5.26 Å². The number of rotatable bonds is 5. The van der Waals surface area contributed by atoms with Crippen LogP contribution in [-0.4, -0.2) is 26.2 Å².